The number of nitrogens with one attached hydrogen (secondary N) is 1. The molecule has 1 atom stereocenters. The molecule has 0 amide bonds. The standard InChI is InChI=1S/C17H32N2S/c1-8-9-13(11-18-17(5,6)7)10-15-19-14(12-20-15)16(2,3)4/h12-13,18H,8-11H2,1-7H3. The van der Waals surface area contributed by atoms with Crippen LogP contribution in [0.4, 0.5) is 0 Å². The molecule has 0 radical (unpaired) electrons. The molecule has 3 heteroatoms. The average Bonchev–Trinajstić information content (AvgIpc) is 2.73. The van der Waals surface area contributed by atoms with Crippen LogP contribution < -0.4 is 5.32 Å². The molecule has 1 heterocycles. The number of nitrogens with zero attached hydrogens (tertiary/aromatic N) is 1. The van der Waals surface area contributed by atoms with Crippen LogP contribution in [0, 0.1) is 5.92 Å². The Kier molecular flexibility index (Phi) is 6.21. The van der Waals surface area contributed by atoms with E-state index in [1.54, 1.807) is 0 Å². The van der Waals surface area contributed by atoms with Gasteiger partial charge in [-0.15, -0.1) is 11.3 Å². The summed E-state index contributed by atoms with van der Waals surface area (Å²) < 4.78 is 0. The third-order valence-electron chi connectivity index (χ3n) is 3.40. The van der Waals surface area contributed by atoms with Crippen LogP contribution in [0.5, 0.6) is 0 Å². The second-order valence-corrected chi connectivity index (χ2v) is 8.81. The Balaban J connectivity index is 2.63. The maximum absolute atomic E-state index is 4.84. The minimum atomic E-state index is 0.165. The number of aromatic nitrogens is 1. The van der Waals surface area contributed by atoms with Gasteiger partial charge in [0, 0.05) is 22.8 Å². The van der Waals surface area contributed by atoms with Crippen molar-refractivity contribution in [2.45, 2.75) is 78.7 Å². The van der Waals surface area contributed by atoms with Gasteiger partial charge >= 0.3 is 0 Å². The van der Waals surface area contributed by atoms with Crippen molar-refractivity contribution in [2.75, 3.05) is 6.54 Å². The number of rotatable bonds is 6. The molecule has 1 aromatic rings. The van der Waals surface area contributed by atoms with Crippen LogP contribution >= 0.6 is 11.3 Å². The van der Waals surface area contributed by atoms with Crippen molar-refractivity contribution in [3.63, 3.8) is 0 Å². The molecule has 116 valence electrons. The lowest BCUT2D eigenvalue weighted by Gasteiger charge is -2.25. The number of hydrogen-bond donors (Lipinski definition) is 1. The van der Waals surface area contributed by atoms with E-state index in [1.165, 1.54) is 23.5 Å². The van der Waals surface area contributed by atoms with Gasteiger partial charge in [-0.25, -0.2) is 4.98 Å². The highest BCUT2D eigenvalue weighted by molar-refractivity contribution is 7.09. The predicted molar refractivity (Wildman–Crippen MR) is 90.7 cm³/mol. The van der Waals surface area contributed by atoms with Crippen LogP contribution in [-0.4, -0.2) is 17.1 Å². The third kappa shape index (κ3) is 6.36. The van der Waals surface area contributed by atoms with E-state index in [1.807, 2.05) is 11.3 Å². The van der Waals surface area contributed by atoms with Gasteiger partial charge in [-0.2, -0.15) is 0 Å². The van der Waals surface area contributed by atoms with Crippen molar-refractivity contribution < 1.29 is 0 Å². The topological polar surface area (TPSA) is 24.9 Å². The van der Waals surface area contributed by atoms with Crippen LogP contribution in [0.2, 0.25) is 0 Å². The SMILES string of the molecule is CCCC(CNC(C)(C)C)Cc1nc(C(C)(C)C)cs1. The largest absolute Gasteiger partial charge is 0.312 e. The highest BCUT2D eigenvalue weighted by Gasteiger charge is 2.19. The molecule has 1 unspecified atom stereocenters. The van der Waals surface area contributed by atoms with Crippen molar-refractivity contribution in [1.29, 1.82) is 0 Å². The summed E-state index contributed by atoms with van der Waals surface area (Å²) >= 11 is 1.83. The van der Waals surface area contributed by atoms with Gasteiger partial charge in [-0.05, 0) is 39.7 Å². The molecule has 0 aliphatic heterocycles. The summed E-state index contributed by atoms with van der Waals surface area (Å²) in [5, 5.41) is 7.17. The quantitative estimate of drug-likeness (QED) is 0.816. The van der Waals surface area contributed by atoms with E-state index in [2.05, 4.69) is 59.2 Å². The molecule has 0 spiro atoms. The minimum absolute atomic E-state index is 0.165. The Labute approximate surface area is 129 Å². The molecule has 0 aromatic carbocycles. The lowest BCUT2D eigenvalue weighted by atomic mass is 9.93. The van der Waals surface area contributed by atoms with Gasteiger partial charge in [-0.3, -0.25) is 0 Å². The Morgan fingerprint density at radius 2 is 1.85 bits per heavy atom. The molecule has 0 saturated carbocycles. The maximum Gasteiger partial charge on any atom is 0.0931 e. The summed E-state index contributed by atoms with van der Waals surface area (Å²) in [6.07, 6.45) is 3.62. The molecule has 0 fully saturated rings. The van der Waals surface area contributed by atoms with E-state index in [4.69, 9.17) is 4.98 Å². The Morgan fingerprint density at radius 3 is 2.30 bits per heavy atom. The average molecular weight is 297 g/mol. The van der Waals surface area contributed by atoms with Gasteiger partial charge in [-0.1, -0.05) is 34.1 Å². The van der Waals surface area contributed by atoms with Gasteiger partial charge in [0.2, 0.25) is 0 Å². The first kappa shape index (κ1) is 17.6. The summed E-state index contributed by atoms with van der Waals surface area (Å²) in [6.45, 7) is 16.8. The zero-order valence-electron chi connectivity index (χ0n) is 14.3. The van der Waals surface area contributed by atoms with Gasteiger partial charge in [0.1, 0.15) is 0 Å². The van der Waals surface area contributed by atoms with E-state index in [-0.39, 0.29) is 11.0 Å². The van der Waals surface area contributed by atoms with Gasteiger partial charge in [0.15, 0.2) is 0 Å². The zero-order valence-corrected chi connectivity index (χ0v) is 15.2. The minimum Gasteiger partial charge on any atom is -0.312 e. The van der Waals surface area contributed by atoms with Crippen molar-refractivity contribution in [1.82, 2.24) is 10.3 Å². The number of thiazole rings is 1. The summed E-state index contributed by atoms with van der Waals surface area (Å²) in [5.74, 6) is 0.693. The van der Waals surface area contributed by atoms with Crippen LogP contribution in [0.1, 0.15) is 72.0 Å². The van der Waals surface area contributed by atoms with Crippen molar-refractivity contribution in [2.24, 2.45) is 5.92 Å². The van der Waals surface area contributed by atoms with Gasteiger partial charge in [0.05, 0.1) is 10.7 Å². The van der Waals surface area contributed by atoms with Crippen LogP contribution in [-0.2, 0) is 11.8 Å². The lowest BCUT2D eigenvalue weighted by molar-refractivity contribution is 0.354. The molecule has 0 aliphatic rings. The lowest BCUT2D eigenvalue weighted by Crippen LogP contribution is -2.39. The second kappa shape index (κ2) is 7.04. The van der Waals surface area contributed by atoms with Crippen molar-refractivity contribution in [3.8, 4) is 0 Å². The second-order valence-electron chi connectivity index (χ2n) is 7.87. The fourth-order valence-electron chi connectivity index (χ4n) is 2.13. The van der Waals surface area contributed by atoms with Gasteiger partial charge < -0.3 is 5.32 Å². The molecule has 0 saturated heterocycles. The highest BCUT2D eigenvalue weighted by Crippen LogP contribution is 2.26. The van der Waals surface area contributed by atoms with E-state index in [0.717, 1.165) is 13.0 Å². The van der Waals surface area contributed by atoms with E-state index in [0.29, 0.717) is 5.92 Å². The first-order chi connectivity index (χ1) is 9.12. The summed E-state index contributed by atoms with van der Waals surface area (Å²) in [6, 6.07) is 0. The highest BCUT2D eigenvalue weighted by atomic mass is 32.1. The molecule has 2 nitrogen and oxygen atoms in total. The normalized spacial score (nSPS) is 14.6. The molecule has 20 heavy (non-hydrogen) atoms. The van der Waals surface area contributed by atoms with Crippen LogP contribution in [0.15, 0.2) is 5.38 Å². The van der Waals surface area contributed by atoms with Gasteiger partial charge in [0.25, 0.3) is 0 Å². The maximum atomic E-state index is 4.84. The monoisotopic (exact) mass is 296 g/mol. The Bertz CT molecular complexity index is 396. The molecule has 1 N–H and O–H groups in total. The third-order valence-corrected chi connectivity index (χ3v) is 4.27. The van der Waals surface area contributed by atoms with E-state index >= 15 is 0 Å². The Hall–Kier alpha value is -0.410. The predicted octanol–water partition coefficient (Wildman–Crippen LogP) is 4.79. The molecular formula is C17H32N2S. The molecule has 1 rings (SSSR count). The first-order valence-corrected chi connectivity index (χ1v) is 8.69. The number of hydrogen-bond acceptors (Lipinski definition) is 3. The summed E-state index contributed by atoms with van der Waals surface area (Å²) in [5.41, 5.74) is 1.60. The molecule has 1 aromatic heterocycles. The van der Waals surface area contributed by atoms with Crippen LogP contribution in [0.3, 0.4) is 0 Å². The van der Waals surface area contributed by atoms with Crippen molar-refractivity contribution in [3.05, 3.63) is 16.1 Å². The molecule has 0 aliphatic carbocycles. The van der Waals surface area contributed by atoms with Crippen LogP contribution in [0.25, 0.3) is 0 Å². The Morgan fingerprint density at radius 1 is 1.20 bits per heavy atom. The fourth-order valence-corrected chi connectivity index (χ4v) is 3.27. The summed E-state index contributed by atoms with van der Waals surface area (Å²) in [7, 11) is 0. The summed E-state index contributed by atoms with van der Waals surface area (Å²) in [4.78, 5) is 4.84. The molecule has 0 bridgehead atoms. The first-order valence-electron chi connectivity index (χ1n) is 7.81. The van der Waals surface area contributed by atoms with E-state index < -0.39 is 0 Å². The molecular weight excluding hydrogens is 264 g/mol. The smallest absolute Gasteiger partial charge is 0.0931 e. The zero-order chi connectivity index (χ0) is 15.4. The van der Waals surface area contributed by atoms with Crippen molar-refractivity contribution >= 4 is 11.3 Å². The van der Waals surface area contributed by atoms with E-state index in [9.17, 15) is 0 Å². The fraction of sp³-hybridized carbons (Fsp3) is 0.824.